The molecule has 0 fully saturated rings. The summed E-state index contributed by atoms with van der Waals surface area (Å²) in [4.78, 5) is 10.3. The summed E-state index contributed by atoms with van der Waals surface area (Å²) in [5, 5.41) is 11.1. The molecule has 0 aliphatic heterocycles. The number of thiol groups is 1. The maximum Gasteiger partial charge on any atom is 0.273 e. The minimum atomic E-state index is -0.464. The Morgan fingerprint density at radius 2 is 2.05 bits per heavy atom. The van der Waals surface area contributed by atoms with Gasteiger partial charge >= 0.3 is 0 Å². The summed E-state index contributed by atoms with van der Waals surface area (Å²) in [7, 11) is 0. The number of hydrogen-bond acceptors (Lipinski definition) is 4. The van der Waals surface area contributed by atoms with Gasteiger partial charge in [-0.3, -0.25) is 10.1 Å². The van der Waals surface area contributed by atoms with Gasteiger partial charge in [0.2, 0.25) is 0 Å². The van der Waals surface area contributed by atoms with Crippen molar-refractivity contribution >= 4 is 29.9 Å². The Bertz CT molecular complexity index is 441. The van der Waals surface area contributed by atoms with E-state index in [1.165, 1.54) is 18.2 Å². The van der Waals surface area contributed by atoms with Gasteiger partial charge in [-0.05, 0) is 24.7 Å². The lowest BCUT2D eigenvalue weighted by molar-refractivity contribution is -0.384. The lowest BCUT2D eigenvalue weighted by Gasteiger charge is -2.29. The molecule has 0 unspecified atom stereocenters. The van der Waals surface area contributed by atoms with E-state index in [0.29, 0.717) is 23.1 Å². The zero-order valence-electron chi connectivity index (χ0n) is 11.1. The number of ether oxygens (including phenoxy) is 1. The Labute approximate surface area is 123 Å². The van der Waals surface area contributed by atoms with E-state index in [4.69, 9.17) is 16.3 Å². The van der Waals surface area contributed by atoms with Crippen molar-refractivity contribution in [2.75, 3.05) is 12.4 Å². The third-order valence-corrected chi connectivity index (χ3v) is 4.48. The first kappa shape index (κ1) is 16.1. The van der Waals surface area contributed by atoms with Crippen LogP contribution in [0.1, 0.15) is 26.7 Å². The summed E-state index contributed by atoms with van der Waals surface area (Å²) in [6.07, 6.45) is 1.86. The molecule has 0 N–H and O–H groups in total. The zero-order valence-corrected chi connectivity index (χ0v) is 12.7. The van der Waals surface area contributed by atoms with Crippen LogP contribution >= 0.6 is 24.2 Å². The summed E-state index contributed by atoms with van der Waals surface area (Å²) in [5.74, 6) is 1.05. The van der Waals surface area contributed by atoms with Crippen molar-refractivity contribution in [3.05, 3.63) is 33.3 Å². The molecule has 0 aromatic heterocycles. The lowest BCUT2D eigenvalue weighted by Crippen LogP contribution is -2.29. The van der Waals surface area contributed by atoms with E-state index in [2.05, 4.69) is 26.5 Å². The van der Waals surface area contributed by atoms with Crippen LogP contribution in [-0.4, -0.2) is 17.3 Å². The van der Waals surface area contributed by atoms with Gasteiger partial charge in [-0.25, -0.2) is 0 Å². The second-order valence-corrected chi connectivity index (χ2v) is 5.25. The Morgan fingerprint density at radius 1 is 1.42 bits per heavy atom. The molecule has 0 amide bonds. The minimum absolute atomic E-state index is 0.0242. The van der Waals surface area contributed by atoms with Crippen molar-refractivity contribution in [3.8, 4) is 5.75 Å². The van der Waals surface area contributed by atoms with Gasteiger partial charge in [-0.2, -0.15) is 12.6 Å². The van der Waals surface area contributed by atoms with Crippen LogP contribution in [0.4, 0.5) is 5.69 Å². The summed E-state index contributed by atoms with van der Waals surface area (Å²) >= 11 is 10.4. The van der Waals surface area contributed by atoms with Crippen molar-refractivity contribution in [2.24, 2.45) is 5.41 Å². The largest absolute Gasteiger partial charge is 0.491 e. The van der Waals surface area contributed by atoms with E-state index in [-0.39, 0.29) is 11.1 Å². The summed E-state index contributed by atoms with van der Waals surface area (Å²) < 4.78 is 5.68. The van der Waals surface area contributed by atoms with E-state index < -0.39 is 4.92 Å². The highest BCUT2D eigenvalue weighted by Crippen LogP contribution is 2.33. The van der Waals surface area contributed by atoms with Crippen molar-refractivity contribution < 1.29 is 9.66 Å². The fraction of sp³-hybridized carbons (Fsp3) is 0.538. The molecule has 0 spiro atoms. The highest BCUT2D eigenvalue weighted by molar-refractivity contribution is 7.80. The number of non-ortho nitro benzene ring substituents is 1. The van der Waals surface area contributed by atoms with Gasteiger partial charge < -0.3 is 4.74 Å². The second-order valence-electron chi connectivity index (χ2n) is 4.53. The van der Waals surface area contributed by atoms with Crippen LogP contribution in [0.15, 0.2) is 18.2 Å². The average molecular weight is 304 g/mol. The van der Waals surface area contributed by atoms with Gasteiger partial charge in [-0.1, -0.05) is 25.4 Å². The van der Waals surface area contributed by atoms with Gasteiger partial charge in [0.05, 0.1) is 22.6 Å². The molecule has 106 valence electrons. The molecule has 4 nitrogen and oxygen atoms in total. The normalized spacial score (nSPS) is 11.4. The van der Waals surface area contributed by atoms with Crippen LogP contribution in [0, 0.1) is 15.5 Å². The summed E-state index contributed by atoms with van der Waals surface area (Å²) in [6.45, 7) is 4.61. The van der Waals surface area contributed by atoms with Gasteiger partial charge in [0.15, 0.2) is 0 Å². The Balaban J connectivity index is 2.87. The quantitative estimate of drug-likeness (QED) is 0.462. The van der Waals surface area contributed by atoms with Crippen LogP contribution in [0.25, 0.3) is 0 Å². The van der Waals surface area contributed by atoms with E-state index >= 15 is 0 Å². The highest BCUT2D eigenvalue weighted by atomic mass is 35.5. The maximum absolute atomic E-state index is 10.7. The van der Waals surface area contributed by atoms with Gasteiger partial charge in [0, 0.05) is 11.5 Å². The molecule has 0 saturated carbocycles. The van der Waals surface area contributed by atoms with Gasteiger partial charge in [0.1, 0.15) is 5.75 Å². The predicted molar refractivity (Wildman–Crippen MR) is 80.5 cm³/mol. The van der Waals surface area contributed by atoms with E-state index in [9.17, 15) is 10.1 Å². The number of nitro benzene ring substituents is 1. The molecule has 19 heavy (non-hydrogen) atoms. The molecule has 0 aliphatic rings. The Hall–Kier alpha value is -0.940. The molecule has 1 rings (SSSR count). The smallest absolute Gasteiger partial charge is 0.273 e. The summed E-state index contributed by atoms with van der Waals surface area (Å²) in [5.41, 5.74) is -0.0549. The molecular formula is C13H18ClNO3S. The average Bonchev–Trinajstić information content (AvgIpc) is 2.42. The number of halogens is 1. The van der Waals surface area contributed by atoms with Crippen molar-refractivity contribution in [2.45, 2.75) is 26.7 Å². The van der Waals surface area contributed by atoms with E-state index in [1.807, 2.05) is 0 Å². The first-order chi connectivity index (χ1) is 8.98. The first-order valence-electron chi connectivity index (χ1n) is 6.15. The molecule has 0 atom stereocenters. The van der Waals surface area contributed by atoms with Crippen LogP contribution in [0.3, 0.4) is 0 Å². The monoisotopic (exact) mass is 303 g/mol. The molecule has 0 aliphatic carbocycles. The van der Waals surface area contributed by atoms with Gasteiger partial charge in [0.25, 0.3) is 5.69 Å². The number of nitro groups is 1. The van der Waals surface area contributed by atoms with Crippen LogP contribution in [0.5, 0.6) is 5.75 Å². The second kappa shape index (κ2) is 7.01. The van der Waals surface area contributed by atoms with E-state index in [0.717, 1.165) is 12.8 Å². The molecule has 0 bridgehead atoms. The fourth-order valence-electron chi connectivity index (χ4n) is 1.67. The number of hydrogen-bond donors (Lipinski definition) is 1. The number of benzene rings is 1. The fourth-order valence-corrected chi connectivity index (χ4v) is 2.38. The summed E-state index contributed by atoms with van der Waals surface area (Å²) in [6, 6.07) is 4.20. The van der Waals surface area contributed by atoms with E-state index in [1.54, 1.807) is 0 Å². The predicted octanol–water partition coefficient (Wildman–Crippen LogP) is 4.36. The SMILES string of the molecule is CCC(CC)(CS)COc1cc([N+](=O)[O-])ccc1Cl. The Kier molecular flexibility index (Phi) is 5.94. The van der Waals surface area contributed by atoms with Crippen LogP contribution in [0.2, 0.25) is 5.02 Å². The van der Waals surface area contributed by atoms with Crippen molar-refractivity contribution in [3.63, 3.8) is 0 Å². The molecule has 1 aromatic rings. The molecule has 0 radical (unpaired) electrons. The van der Waals surface area contributed by atoms with Crippen LogP contribution < -0.4 is 4.74 Å². The highest BCUT2D eigenvalue weighted by Gasteiger charge is 2.26. The lowest BCUT2D eigenvalue weighted by atomic mass is 9.85. The molecule has 0 heterocycles. The third kappa shape index (κ3) is 4.01. The van der Waals surface area contributed by atoms with Crippen LogP contribution in [-0.2, 0) is 0 Å². The van der Waals surface area contributed by atoms with Crippen molar-refractivity contribution in [1.29, 1.82) is 0 Å². The molecule has 0 saturated heterocycles. The topological polar surface area (TPSA) is 52.4 Å². The Morgan fingerprint density at radius 3 is 2.53 bits per heavy atom. The van der Waals surface area contributed by atoms with Gasteiger partial charge in [-0.15, -0.1) is 0 Å². The zero-order chi connectivity index (χ0) is 14.5. The molecular weight excluding hydrogens is 286 g/mol. The number of rotatable bonds is 7. The minimum Gasteiger partial charge on any atom is -0.491 e. The van der Waals surface area contributed by atoms with Crippen molar-refractivity contribution in [1.82, 2.24) is 0 Å². The third-order valence-electron chi connectivity index (χ3n) is 3.49. The molecule has 1 aromatic carbocycles. The first-order valence-corrected chi connectivity index (χ1v) is 7.16. The maximum atomic E-state index is 10.7. The standard InChI is InChI=1S/C13H18ClNO3S/c1-3-13(4-2,9-19)8-18-12-7-10(15(16)17)5-6-11(12)14/h5-7,19H,3-4,8-9H2,1-2H3. The molecule has 6 heteroatoms. The number of nitrogens with zero attached hydrogens (tertiary/aromatic N) is 1.